The van der Waals surface area contributed by atoms with E-state index in [1.165, 1.54) is 4.57 Å². The number of hydrogen-bond acceptors (Lipinski definition) is 9. The van der Waals surface area contributed by atoms with E-state index in [9.17, 15) is 20.1 Å². The van der Waals surface area contributed by atoms with Crippen LogP contribution in [0.15, 0.2) is 24.3 Å². The first kappa shape index (κ1) is 19.6. The van der Waals surface area contributed by atoms with Gasteiger partial charge in [0.05, 0.1) is 6.61 Å². The van der Waals surface area contributed by atoms with Crippen molar-refractivity contribution in [1.82, 2.24) is 14.9 Å². The number of aromatic nitrogens is 2. The number of rotatable bonds is 5. The summed E-state index contributed by atoms with van der Waals surface area (Å²) in [6.45, 7) is 1.93. The summed E-state index contributed by atoms with van der Waals surface area (Å²) in [5, 5.41) is 38.6. The Morgan fingerprint density at radius 1 is 1.24 bits per heavy atom. The number of carbonyl (C=O) groups excluding carboxylic acids is 1. The van der Waals surface area contributed by atoms with Crippen molar-refractivity contribution in [3.8, 4) is 0 Å². The van der Waals surface area contributed by atoms with E-state index in [0.717, 1.165) is 11.1 Å². The number of aliphatic hydroxyl groups excluding tert-OH is 3. The van der Waals surface area contributed by atoms with Crippen molar-refractivity contribution in [3.05, 3.63) is 41.1 Å². The van der Waals surface area contributed by atoms with E-state index in [0.29, 0.717) is 6.54 Å². The van der Waals surface area contributed by atoms with E-state index in [1.807, 2.05) is 31.2 Å². The fourth-order valence-electron chi connectivity index (χ4n) is 3.47. The summed E-state index contributed by atoms with van der Waals surface area (Å²) in [6.07, 6.45) is -5.53. The van der Waals surface area contributed by atoms with Gasteiger partial charge in [-0.15, -0.1) is 0 Å². The number of nitrogens with two attached hydrogens (primary N) is 1. The Morgan fingerprint density at radius 3 is 2.62 bits per heavy atom. The van der Waals surface area contributed by atoms with Crippen molar-refractivity contribution in [1.29, 1.82) is 0 Å². The molecule has 1 fully saturated rings. The van der Waals surface area contributed by atoms with Crippen molar-refractivity contribution in [2.45, 2.75) is 44.3 Å². The van der Waals surface area contributed by atoms with Crippen LogP contribution in [0.3, 0.4) is 0 Å². The lowest BCUT2D eigenvalue weighted by Crippen LogP contribution is -2.51. The summed E-state index contributed by atoms with van der Waals surface area (Å²) in [7, 11) is 0. The number of nitrogens with one attached hydrogen (secondary N) is 3. The molecule has 2 aromatic rings. The van der Waals surface area contributed by atoms with Gasteiger partial charge in [0.1, 0.15) is 24.1 Å². The molecule has 5 unspecified atom stereocenters. The third-order valence-electron chi connectivity index (χ3n) is 5.05. The van der Waals surface area contributed by atoms with Crippen LogP contribution in [0.4, 0.5) is 11.8 Å². The van der Waals surface area contributed by atoms with Crippen molar-refractivity contribution in [3.63, 3.8) is 0 Å². The zero-order valence-corrected chi connectivity index (χ0v) is 15.7. The van der Waals surface area contributed by atoms with Crippen molar-refractivity contribution in [2.24, 2.45) is 5.73 Å². The normalized spacial score (nSPS) is 28.6. The topological polar surface area (TPSA) is 167 Å². The molecule has 3 heterocycles. The Bertz CT molecular complexity index is 901. The molecule has 1 aromatic carbocycles. The highest BCUT2D eigenvalue weighted by molar-refractivity contribution is 5.99. The van der Waals surface area contributed by atoms with Crippen molar-refractivity contribution < 1.29 is 24.9 Å². The van der Waals surface area contributed by atoms with E-state index >= 15 is 0 Å². The number of carbonyl (C=O) groups is 1. The van der Waals surface area contributed by atoms with Gasteiger partial charge in [0.2, 0.25) is 5.95 Å². The van der Waals surface area contributed by atoms with Gasteiger partial charge in [0.25, 0.3) is 5.91 Å². The van der Waals surface area contributed by atoms with Crippen LogP contribution in [0.1, 0.15) is 27.8 Å². The van der Waals surface area contributed by atoms with Gasteiger partial charge >= 0.3 is 0 Å². The number of fused-ring (bicyclic) bond motifs is 1. The maximum absolute atomic E-state index is 12.3. The number of hydrogen-bond donors (Lipinski definition) is 7. The third-order valence-corrected chi connectivity index (χ3v) is 5.05. The zero-order valence-electron chi connectivity index (χ0n) is 15.7. The number of nitrogens with zero attached hydrogens (tertiary/aromatic N) is 2. The molecule has 0 radical (unpaired) electrons. The Balaban J connectivity index is 1.70. The van der Waals surface area contributed by atoms with Crippen LogP contribution in [0, 0.1) is 6.92 Å². The van der Waals surface area contributed by atoms with Crippen LogP contribution in [-0.2, 0) is 11.3 Å². The van der Waals surface area contributed by atoms with Crippen LogP contribution < -0.4 is 21.7 Å². The van der Waals surface area contributed by atoms with Crippen LogP contribution >= 0.6 is 0 Å². The molecule has 0 aliphatic carbocycles. The van der Waals surface area contributed by atoms with Gasteiger partial charge in [0.15, 0.2) is 18.2 Å². The minimum absolute atomic E-state index is 0.0795. The van der Waals surface area contributed by atoms with Gasteiger partial charge in [-0.1, -0.05) is 29.8 Å². The number of aliphatic hydroxyl groups is 3. The summed E-state index contributed by atoms with van der Waals surface area (Å²) >= 11 is 0. The zero-order chi connectivity index (χ0) is 20.7. The standard InChI is InChI=1S/C18H24N6O5/c1-8-2-4-9(5-3-8)6-20-18-21-11-14(22-17(19)23-15(11)28)24(18)16-13(27)12(26)10(7-25)29-16/h2-5,10,12-13,16-17,22,25-27H,6-7,19H2,1H3,(H,20,21)(H,23,28). The SMILES string of the molecule is Cc1ccc(CNc2nc3c(n2C2OC(CO)C(O)C2O)NC(N)NC3=O)cc1. The minimum atomic E-state index is -1.34. The molecule has 1 amide bonds. The molecule has 4 rings (SSSR count). The Labute approximate surface area is 166 Å². The highest BCUT2D eigenvalue weighted by atomic mass is 16.6. The molecule has 5 atom stereocenters. The highest BCUT2D eigenvalue weighted by Gasteiger charge is 2.46. The molecular formula is C18H24N6O5. The average molecular weight is 404 g/mol. The smallest absolute Gasteiger partial charge is 0.276 e. The van der Waals surface area contributed by atoms with Gasteiger partial charge < -0.3 is 36.0 Å². The number of aryl methyl sites for hydroxylation is 1. The fourth-order valence-corrected chi connectivity index (χ4v) is 3.47. The molecule has 11 heteroatoms. The second-order valence-electron chi connectivity index (χ2n) is 7.17. The van der Waals surface area contributed by atoms with Crippen LogP contribution in [0.5, 0.6) is 0 Å². The molecule has 2 aliphatic heterocycles. The van der Waals surface area contributed by atoms with Gasteiger partial charge in [-0.2, -0.15) is 0 Å². The first-order valence-electron chi connectivity index (χ1n) is 9.26. The maximum atomic E-state index is 12.3. The van der Waals surface area contributed by atoms with Crippen molar-refractivity contribution in [2.75, 3.05) is 17.2 Å². The minimum Gasteiger partial charge on any atom is -0.394 e. The lowest BCUT2D eigenvalue weighted by Gasteiger charge is -2.26. The summed E-state index contributed by atoms with van der Waals surface area (Å²) in [5.41, 5.74) is 8.01. The molecule has 156 valence electrons. The molecular weight excluding hydrogens is 380 g/mol. The lowest BCUT2D eigenvalue weighted by atomic mass is 10.1. The quantitative estimate of drug-likeness (QED) is 0.324. The molecule has 0 spiro atoms. The van der Waals surface area contributed by atoms with Gasteiger partial charge in [-0.25, -0.2) is 4.98 Å². The third kappa shape index (κ3) is 3.54. The summed E-state index contributed by atoms with van der Waals surface area (Å²) < 4.78 is 7.10. The summed E-state index contributed by atoms with van der Waals surface area (Å²) in [6, 6.07) is 7.88. The largest absolute Gasteiger partial charge is 0.394 e. The highest BCUT2D eigenvalue weighted by Crippen LogP contribution is 2.37. The molecule has 2 aliphatic rings. The molecule has 0 saturated carbocycles. The van der Waals surface area contributed by atoms with Gasteiger partial charge in [-0.05, 0) is 12.5 Å². The first-order chi connectivity index (χ1) is 13.9. The number of imidazole rings is 1. The van der Waals surface area contributed by atoms with E-state index in [-0.39, 0.29) is 17.5 Å². The maximum Gasteiger partial charge on any atom is 0.276 e. The van der Waals surface area contributed by atoms with Crippen LogP contribution in [0.25, 0.3) is 0 Å². The van der Waals surface area contributed by atoms with Gasteiger partial charge in [-0.3, -0.25) is 15.1 Å². The number of benzene rings is 1. The second-order valence-corrected chi connectivity index (χ2v) is 7.17. The molecule has 0 bridgehead atoms. The van der Waals surface area contributed by atoms with E-state index in [2.05, 4.69) is 20.9 Å². The summed E-state index contributed by atoms with van der Waals surface area (Å²) in [4.78, 5) is 16.7. The predicted octanol–water partition coefficient (Wildman–Crippen LogP) is -1.19. The second kappa shape index (κ2) is 7.61. The molecule has 1 saturated heterocycles. The van der Waals surface area contributed by atoms with Crippen LogP contribution in [0.2, 0.25) is 0 Å². The predicted molar refractivity (Wildman–Crippen MR) is 103 cm³/mol. The molecule has 1 aromatic heterocycles. The van der Waals surface area contributed by atoms with E-state index in [1.54, 1.807) is 0 Å². The first-order valence-corrected chi connectivity index (χ1v) is 9.26. The molecule has 29 heavy (non-hydrogen) atoms. The Hall–Kier alpha value is -2.70. The Kier molecular flexibility index (Phi) is 5.15. The summed E-state index contributed by atoms with van der Waals surface area (Å²) in [5.74, 6) is 0.0276. The van der Waals surface area contributed by atoms with E-state index < -0.39 is 43.3 Å². The molecule has 8 N–H and O–H groups in total. The number of anilines is 2. The van der Waals surface area contributed by atoms with Gasteiger partial charge in [0, 0.05) is 6.54 Å². The number of ether oxygens (including phenoxy) is 1. The fraction of sp³-hybridized carbons (Fsp3) is 0.444. The van der Waals surface area contributed by atoms with Crippen molar-refractivity contribution >= 4 is 17.7 Å². The Morgan fingerprint density at radius 2 is 1.97 bits per heavy atom. The lowest BCUT2D eigenvalue weighted by molar-refractivity contribution is -0.0510. The molecule has 11 nitrogen and oxygen atoms in total. The van der Waals surface area contributed by atoms with E-state index in [4.69, 9.17) is 10.5 Å². The average Bonchev–Trinajstić information content (AvgIpc) is 3.19. The monoisotopic (exact) mass is 404 g/mol. The van der Waals surface area contributed by atoms with Crippen LogP contribution in [-0.4, -0.2) is 62.0 Å². The number of amides is 1.